The van der Waals surface area contributed by atoms with Gasteiger partial charge in [-0.05, 0) is 44.5 Å². The van der Waals surface area contributed by atoms with E-state index in [0.717, 1.165) is 26.3 Å². The predicted molar refractivity (Wildman–Crippen MR) is 129 cm³/mol. The van der Waals surface area contributed by atoms with Gasteiger partial charge in [0.1, 0.15) is 5.00 Å². The van der Waals surface area contributed by atoms with Gasteiger partial charge in [0.05, 0.1) is 12.2 Å². The fraction of sp³-hybridized carbons (Fsp3) is 0.192. The maximum atomic E-state index is 13.7. The average molecular weight is 415 g/mol. The smallest absolute Gasteiger partial charge is 0.258 e. The Hall–Kier alpha value is -3.11. The molecule has 0 aliphatic carbocycles. The summed E-state index contributed by atoms with van der Waals surface area (Å²) in [6, 6.07) is 28.0. The van der Waals surface area contributed by atoms with Crippen LogP contribution in [0.5, 0.6) is 0 Å². The summed E-state index contributed by atoms with van der Waals surface area (Å²) in [5, 5.41) is 5.75. The van der Waals surface area contributed by atoms with Crippen LogP contribution >= 0.6 is 11.3 Å². The Kier molecular flexibility index (Phi) is 5.60. The van der Waals surface area contributed by atoms with Crippen molar-refractivity contribution in [2.75, 3.05) is 10.2 Å². The van der Waals surface area contributed by atoms with Gasteiger partial charge in [-0.25, -0.2) is 0 Å². The van der Waals surface area contributed by atoms with Crippen molar-refractivity contribution < 1.29 is 4.79 Å². The van der Waals surface area contributed by atoms with Gasteiger partial charge in [-0.15, -0.1) is 11.3 Å². The number of anilines is 2. The lowest BCUT2D eigenvalue weighted by molar-refractivity contribution is 0.0985. The largest absolute Gasteiger partial charge is 0.371 e. The van der Waals surface area contributed by atoms with Crippen molar-refractivity contribution in [3.05, 3.63) is 96.1 Å². The van der Waals surface area contributed by atoms with Crippen LogP contribution in [0.15, 0.2) is 84.9 Å². The molecule has 0 saturated carbocycles. The summed E-state index contributed by atoms with van der Waals surface area (Å²) in [4.78, 5) is 15.6. The first-order valence-corrected chi connectivity index (χ1v) is 10.9. The lowest BCUT2D eigenvalue weighted by Crippen LogP contribution is -2.32. The molecule has 0 aliphatic heterocycles. The van der Waals surface area contributed by atoms with Crippen LogP contribution in [0.2, 0.25) is 0 Å². The van der Waals surface area contributed by atoms with Crippen LogP contribution in [-0.2, 0) is 6.54 Å². The maximum Gasteiger partial charge on any atom is 0.258 e. The predicted octanol–water partition coefficient (Wildman–Crippen LogP) is 6.96. The summed E-state index contributed by atoms with van der Waals surface area (Å²) >= 11 is 1.70. The Balaban J connectivity index is 1.89. The van der Waals surface area contributed by atoms with E-state index in [9.17, 15) is 4.79 Å². The zero-order valence-electron chi connectivity index (χ0n) is 17.6. The lowest BCUT2D eigenvalue weighted by atomic mass is 10.1. The molecule has 0 unspecified atom stereocenters. The minimum absolute atomic E-state index is 0.0000321. The van der Waals surface area contributed by atoms with Gasteiger partial charge in [0, 0.05) is 21.2 Å². The molecule has 0 radical (unpaired) electrons. The average Bonchev–Trinajstić information content (AvgIpc) is 3.09. The summed E-state index contributed by atoms with van der Waals surface area (Å²) in [6.07, 6.45) is 0. The molecule has 4 rings (SSSR count). The van der Waals surface area contributed by atoms with Crippen LogP contribution < -0.4 is 10.2 Å². The third-order valence-electron chi connectivity index (χ3n) is 4.78. The van der Waals surface area contributed by atoms with E-state index >= 15 is 0 Å². The number of hydrogen-bond donors (Lipinski definition) is 1. The quantitative estimate of drug-likeness (QED) is 0.383. The normalized spacial score (nSPS) is 11.4. The third kappa shape index (κ3) is 4.39. The van der Waals surface area contributed by atoms with E-state index in [-0.39, 0.29) is 11.4 Å². The Labute approximate surface area is 182 Å². The molecule has 0 spiro atoms. The number of nitrogens with zero attached hydrogens (tertiary/aromatic N) is 1. The molecule has 3 nitrogen and oxygen atoms in total. The van der Waals surface area contributed by atoms with Gasteiger partial charge in [0.2, 0.25) is 0 Å². The Bertz CT molecular complexity index is 1140. The number of benzene rings is 3. The lowest BCUT2D eigenvalue weighted by Gasteiger charge is -2.28. The maximum absolute atomic E-state index is 13.7. The van der Waals surface area contributed by atoms with Crippen molar-refractivity contribution in [2.45, 2.75) is 32.9 Å². The molecular formula is C26H26N2OS. The van der Waals surface area contributed by atoms with E-state index in [4.69, 9.17) is 0 Å². The van der Waals surface area contributed by atoms with E-state index in [1.165, 1.54) is 0 Å². The molecule has 1 amide bonds. The van der Waals surface area contributed by atoms with E-state index < -0.39 is 0 Å². The molecule has 0 atom stereocenters. The molecule has 0 fully saturated rings. The first-order valence-electron chi connectivity index (χ1n) is 10.1. The Morgan fingerprint density at radius 1 is 0.867 bits per heavy atom. The van der Waals surface area contributed by atoms with Crippen LogP contribution in [0.25, 0.3) is 10.1 Å². The summed E-state index contributed by atoms with van der Waals surface area (Å²) in [5.74, 6) is -0.0000321. The Morgan fingerprint density at radius 2 is 1.47 bits per heavy atom. The standard InChI is InChI=1S/C26H26N2OS/c1-26(2,3)27-24-23(21-16-10-11-17-22(21)30-24)28(18-19-12-6-4-7-13-19)25(29)20-14-8-5-9-15-20/h4-17,27H,18H2,1-3H3. The van der Waals surface area contributed by atoms with Gasteiger partial charge in [-0.1, -0.05) is 66.7 Å². The molecule has 4 heteroatoms. The molecule has 4 aromatic rings. The molecule has 0 saturated heterocycles. The number of hydrogen-bond acceptors (Lipinski definition) is 3. The zero-order chi connectivity index (χ0) is 21.1. The number of carbonyl (C=O) groups excluding carboxylic acids is 1. The molecule has 152 valence electrons. The molecule has 0 bridgehead atoms. The minimum Gasteiger partial charge on any atom is -0.371 e. The topological polar surface area (TPSA) is 32.3 Å². The number of thiophene rings is 1. The summed E-state index contributed by atoms with van der Waals surface area (Å²) in [5.41, 5.74) is 2.61. The van der Waals surface area contributed by atoms with Crippen LogP contribution in [0.3, 0.4) is 0 Å². The second-order valence-electron chi connectivity index (χ2n) is 8.39. The van der Waals surface area contributed by atoms with Crippen molar-refractivity contribution in [3.63, 3.8) is 0 Å². The summed E-state index contributed by atoms with van der Waals surface area (Å²) in [7, 11) is 0. The van der Waals surface area contributed by atoms with Crippen molar-refractivity contribution in [1.82, 2.24) is 0 Å². The van der Waals surface area contributed by atoms with Crippen molar-refractivity contribution >= 4 is 38.0 Å². The monoisotopic (exact) mass is 414 g/mol. The second kappa shape index (κ2) is 8.33. The third-order valence-corrected chi connectivity index (χ3v) is 5.85. The summed E-state index contributed by atoms with van der Waals surface area (Å²) in [6.45, 7) is 6.93. The highest BCUT2D eigenvalue weighted by Crippen LogP contribution is 2.44. The highest BCUT2D eigenvalue weighted by atomic mass is 32.1. The number of rotatable bonds is 5. The fourth-order valence-corrected chi connectivity index (χ4v) is 4.80. The first kappa shape index (κ1) is 20.2. The number of carbonyl (C=O) groups is 1. The van der Waals surface area contributed by atoms with Crippen LogP contribution in [0.1, 0.15) is 36.7 Å². The number of fused-ring (bicyclic) bond motifs is 1. The highest BCUT2D eigenvalue weighted by molar-refractivity contribution is 7.23. The molecule has 30 heavy (non-hydrogen) atoms. The van der Waals surface area contributed by atoms with Crippen LogP contribution in [0, 0.1) is 0 Å². The van der Waals surface area contributed by atoms with E-state index in [0.29, 0.717) is 12.1 Å². The second-order valence-corrected chi connectivity index (χ2v) is 9.45. The van der Waals surface area contributed by atoms with E-state index in [1.54, 1.807) is 11.3 Å². The van der Waals surface area contributed by atoms with E-state index in [2.05, 4.69) is 50.4 Å². The van der Waals surface area contributed by atoms with Gasteiger partial charge in [-0.2, -0.15) is 0 Å². The highest BCUT2D eigenvalue weighted by Gasteiger charge is 2.26. The SMILES string of the molecule is CC(C)(C)Nc1sc2ccccc2c1N(Cc1ccccc1)C(=O)c1ccccc1. The van der Waals surface area contributed by atoms with Gasteiger partial charge < -0.3 is 10.2 Å². The summed E-state index contributed by atoms with van der Waals surface area (Å²) < 4.78 is 1.16. The van der Waals surface area contributed by atoms with Crippen LogP contribution in [-0.4, -0.2) is 11.4 Å². The Morgan fingerprint density at radius 3 is 2.13 bits per heavy atom. The van der Waals surface area contributed by atoms with Gasteiger partial charge in [-0.3, -0.25) is 4.79 Å². The number of amides is 1. The van der Waals surface area contributed by atoms with Gasteiger partial charge in [0.15, 0.2) is 0 Å². The number of nitrogens with one attached hydrogen (secondary N) is 1. The van der Waals surface area contributed by atoms with E-state index in [1.807, 2.05) is 65.6 Å². The van der Waals surface area contributed by atoms with Gasteiger partial charge >= 0.3 is 0 Å². The van der Waals surface area contributed by atoms with Crippen molar-refractivity contribution in [2.24, 2.45) is 0 Å². The molecule has 1 N–H and O–H groups in total. The minimum atomic E-state index is -0.121. The van der Waals surface area contributed by atoms with Crippen molar-refractivity contribution in [3.8, 4) is 0 Å². The first-order chi connectivity index (χ1) is 14.4. The zero-order valence-corrected chi connectivity index (χ0v) is 18.4. The molecular weight excluding hydrogens is 388 g/mol. The van der Waals surface area contributed by atoms with Crippen LogP contribution in [0.4, 0.5) is 10.7 Å². The molecule has 3 aromatic carbocycles. The van der Waals surface area contributed by atoms with Gasteiger partial charge in [0.25, 0.3) is 5.91 Å². The molecule has 1 heterocycles. The fourth-order valence-electron chi connectivity index (χ4n) is 3.48. The van der Waals surface area contributed by atoms with Crippen molar-refractivity contribution in [1.29, 1.82) is 0 Å². The molecule has 1 aromatic heterocycles. The molecule has 0 aliphatic rings.